The molecule has 0 saturated heterocycles. The normalized spacial score (nSPS) is 12.3. The quantitative estimate of drug-likeness (QED) is 0.678. The Bertz CT molecular complexity index is 814. The summed E-state index contributed by atoms with van der Waals surface area (Å²) < 4.78 is 13.2. The molecular weight excluding hydrogens is 295 g/mol. The van der Waals surface area contributed by atoms with Crippen LogP contribution in [0.25, 0.3) is 10.9 Å². The maximum Gasteiger partial charge on any atom is 0.268 e. The molecule has 0 aliphatic heterocycles. The molecule has 0 saturated carbocycles. The van der Waals surface area contributed by atoms with Crippen molar-refractivity contribution in [2.75, 3.05) is 6.61 Å². The summed E-state index contributed by atoms with van der Waals surface area (Å²) in [6, 6.07) is 15.2. The number of H-pyrrole nitrogens is 1. The second-order valence-corrected chi connectivity index (χ2v) is 5.46. The van der Waals surface area contributed by atoms with E-state index in [0.717, 1.165) is 5.56 Å². The van der Waals surface area contributed by atoms with Crippen LogP contribution in [0.2, 0.25) is 0 Å². The average molecular weight is 312 g/mol. The van der Waals surface area contributed by atoms with Crippen LogP contribution in [0, 0.1) is 5.82 Å². The number of aliphatic hydroxyl groups excluding tert-OH is 1. The van der Waals surface area contributed by atoms with Crippen molar-refractivity contribution in [3.63, 3.8) is 0 Å². The third-order valence-corrected chi connectivity index (χ3v) is 3.71. The smallest absolute Gasteiger partial charge is 0.268 e. The lowest BCUT2D eigenvalue weighted by Crippen LogP contribution is -2.39. The number of aliphatic hydroxyl groups is 1. The fourth-order valence-corrected chi connectivity index (χ4v) is 2.55. The Morgan fingerprint density at radius 1 is 1.17 bits per heavy atom. The van der Waals surface area contributed by atoms with Gasteiger partial charge in [0.1, 0.15) is 11.5 Å². The molecule has 1 aromatic heterocycles. The van der Waals surface area contributed by atoms with E-state index in [4.69, 9.17) is 0 Å². The molecule has 1 amide bonds. The highest BCUT2D eigenvalue weighted by Gasteiger charge is 2.15. The molecule has 23 heavy (non-hydrogen) atoms. The van der Waals surface area contributed by atoms with Crippen molar-refractivity contribution in [1.29, 1.82) is 0 Å². The number of carbonyl (C=O) groups excluding carboxylic acids is 1. The van der Waals surface area contributed by atoms with Crippen molar-refractivity contribution in [3.8, 4) is 0 Å². The first kappa shape index (κ1) is 15.2. The minimum absolute atomic E-state index is 0.157. The molecule has 0 aliphatic carbocycles. The molecule has 1 atom stereocenters. The molecule has 5 heteroatoms. The van der Waals surface area contributed by atoms with Crippen LogP contribution < -0.4 is 5.32 Å². The highest BCUT2D eigenvalue weighted by Crippen LogP contribution is 2.16. The monoisotopic (exact) mass is 312 g/mol. The molecule has 2 aromatic carbocycles. The molecule has 0 radical (unpaired) electrons. The van der Waals surface area contributed by atoms with Crippen molar-refractivity contribution >= 4 is 16.8 Å². The summed E-state index contributed by atoms with van der Waals surface area (Å²) in [7, 11) is 0. The number of hydrogen-bond acceptors (Lipinski definition) is 2. The van der Waals surface area contributed by atoms with Crippen molar-refractivity contribution in [2.45, 2.75) is 12.5 Å². The van der Waals surface area contributed by atoms with Gasteiger partial charge < -0.3 is 15.4 Å². The number of benzene rings is 2. The number of nitrogens with one attached hydrogen (secondary N) is 2. The zero-order chi connectivity index (χ0) is 16.2. The van der Waals surface area contributed by atoms with Gasteiger partial charge in [0.15, 0.2) is 0 Å². The maximum absolute atomic E-state index is 13.2. The Morgan fingerprint density at radius 2 is 1.96 bits per heavy atom. The van der Waals surface area contributed by atoms with Crippen LogP contribution in [0.5, 0.6) is 0 Å². The lowest BCUT2D eigenvalue weighted by atomic mass is 10.1. The Hall–Kier alpha value is -2.66. The third-order valence-electron chi connectivity index (χ3n) is 3.71. The first-order valence-corrected chi connectivity index (χ1v) is 7.39. The average Bonchev–Trinajstić information content (AvgIpc) is 2.98. The van der Waals surface area contributed by atoms with E-state index >= 15 is 0 Å². The molecule has 1 heterocycles. The van der Waals surface area contributed by atoms with Crippen LogP contribution in [0.3, 0.4) is 0 Å². The molecule has 4 nitrogen and oxygen atoms in total. The highest BCUT2D eigenvalue weighted by molar-refractivity contribution is 5.98. The van der Waals surface area contributed by atoms with Crippen LogP contribution in [0.1, 0.15) is 16.1 Å². The van der Waals surface area contributed by atoms with Gasteiger partial charge in [-0.15, -0.1) is 0 Å². The fourth-order valence-electron chi connectivity index (χ4n) is 2.55. The first-order valence-electron chi connectivity index (χ1n) is 7.39. The SMILES string of the molecule is O=C(N[C@H](CO)Cc1ccccc1)c1cc2cc(F)ccc2[nH]1. The summed E-state index contributed by atoms with van der Waals surface area (Å²) in [6.07, 6.45) is 0.540. The summed E-state index contributed by atoms with van der Waals surface area (Å²) in [5.41, 5.74) is 2.07. The van der Waals surface area contributed by atoms with E-state index in [9.17, 15) is 14.3 Å². The van der Waals surface area contributed by atoms with Gasteiger partial charge >= 0.3 is 0 Å². The minimum Gasteiger partial charge on any atom is -0.394 e. The second-order valence-electron chi connectivity index (χ2n) is 5.46. The second kappa shape index (κ2) is 6.62. The lowest BCUT2D eigenvalue weighted by Gasteiger charge is -2.15. The summed E-state index contributed by atoms with van der Waals surface area (Å²) in [5, 5.41) is 12.9. The molecule has 3 aromatic rings. The van der Waals surface area contributed by atoms with Gasteiger partial charge in [-0.2, -0.15) is 0 Å². The molecule has 0 spiro atoms. The number of amides is 1. The van der Waals surface area contributed by atoms with E-state index in [1.807, 2.05) is 30.3 Å². The summed E-state index contributed by atoms with van der Waals surface area (Å²) in [5.74, 6) is -0.669. The van der Waals surface area contributed by atoms with E-state index in [0.29, 0.717) is 23.0 Å². The van der Waals surface area contributed by atoms with Gasteiger partial charge in [-0.05, 0) is 36.2 Å². The Morgan fingerprint density at radius 3 is 2.70 bits per heavy atom. The molecule has 0 bridgehead atoms. The van der Waals surface area contributed by atoms with Crippen LogP contribution >= 0.6 is 0 Å². The molecule has 0 unspecified atom stereocenters. The molecule has 3 N–H and O–H groups in total. The highest BCUT2D eigenvalue weighted by atomic mass is 19.1. The van der Waals surface area contributed by atoms with Crippen LogP contribution in [-0.4, -0.2) is 28.6 Å². The molecule has 0 aliphatic rings. The van der Waals surface area contributed by atoms with E-state index in [1.54, 1.807) is 12.1 Å². The van der Waals surface area contributed by atoms with Crippen molar-refractivity contribution in [2.24, 2.45) is 0 Å². The van der Waals surface area contributed by atoms with E-state index < -0.39 is 0 Å². The number of hydrogen-bond donors (Lipinski definition) is 3. The van der Waals surface area contributed by atoms with Gasteiger partial charge in [0.2, 0.25) is 0 Å². The Balaban J connectivity index is 1.73. The first-order chi connectivity index (χ1) is 11.2. The largest absolute Gasteiger partial charge is 0.394 e. The Kier molecular flexibility index (Phi) is 4.39. The Labute approximate surface area is 133 Å². The third kappa shape index (κ3) is 3.57. The van der Waals surface area contributed by atoms with Gasteiger partial charge in [0.05, 0.1) is 12.6 Å². The zero-order valence-corrected chi connectivity index (χ0v) is 12.4. The zero-order valence-electron chi connectivity index (χ0n) is 12.4. The fraction of sp³-hybridized carbons (Fsp3) is 0.167. The standard InChI is InChI=1S/C18H17FN2O2/c19-14-6-7-16-13(9-14)10-17(21-16)18(23)20-15(11-22)8-12-4-2-1-3-5-12/h1-7,9-10,15,21-22H,8,11H2,(H,20,23)/t15-/m0/s1. The summed E-state index contributed by atoms with van der Waals surface area (Å²) in [6.45, 7) is -0.157. The van der Waals surface area contributed by atoms with E-state index in [2.05, 4.69) is 10.3 Å². The number of aromatic nitrogens is 1. The van der Waals surface area contributed by atoms with Crippen molar-refractivity contribution < 1.29 is 14.3 Å². The van der Waals surface area contributed by atoms with Gasteiger partial charge in [-0.3, -0.25) is 4.79 Å². The van der Waals surface area contributed by atoms with Gasteiger partial charge in [-0.1, -0.05) is 30.3 Å². The predicted octanol–water partition coefficient (Wildman–Crippen LogP) is 2.64. The van der Waals surface area contributed by atoms with E-state index in [1.165, 1.54) is 12.1 Å². The number of fused-ring (bicyclic) bond motifs is 1. The molecule has 3 rings (SSSR count). The van der Waals surface area contributed by atoms with Gasteiger partial charge in [0, 0.05) is 10.9 Å². The van der Waals surface area contributed by atoms with Crippen LogP contribution in [0.15, 0.2) is 54.6 Å². The number of aromatic amines is 1. The molecule has 118 valence electrons. The number of rotatable bonds is 5. The van der Waals surface area contributed by atoms with Gasteiger partial charge in [0.25, 0.3) is 5.91 Å². The van der Waals surface area contributed by atoms with Crippen LogP contribution in [-0.2, 0) is 6.42 Å². The van der Waals surface area contributed by atoms with Crippen LogP contribution in [0.4, 0.5) is 4.39 Å². The summed E-state index contributed by atoms with van der Waals surface area (Å²) >= 11 is 0. The number of carbonyl (C=O) groups is 1. The van der Waals surface area contributed by atoms with E-state index in [-0.39, 0.29) is 24.4 Å². The molecular formula is C18H17FN2O2. The maximum atomic E-state index is 13.2. The lowest BCUT2D eigenvalue weighted by molar-refractivity contribution is 0.0912. The predicted molar refractivity (Wildman–Crippen MR) is 86.7 cm³/mol. The molecule has 0 fully saturated rings. The van der Waals surface area contributed by atoms with Crippen molar-refractivity contribution in [3.05, 3.63) is 71.7 Å². The number of halogens is 1. The van der Waals surface area contributed by atoms with Gasteiger partial charge in [-0.25, -0.2) is 4.39 Å². The topological polar surface area (TPSA) is 65.1 Å². The minimum atomic E-state index is -0.381. The van der Waals surface area contributed by atoms with Crippen molar-refractivity contribution in [1.82, 2.24) is 10.3 Å². The summed E-state index contributed by atoms with van der Waals surface area (Å²) in [4.78, 5) is 15.3.